The van der Waals surface area contributed by atoms with Crippen LogP contribution in [0, 0.1) is 0 Å². The lowest BCUT2D eigenvalue weighted by molar-refractivity contribution is -0.193. The van der Waals surface area contributed by atoms with E-state index in [0.29, 0.717) is 4.90 Å². The van der Waals surface area contributed by atoms with Gasteiger partial charge in [0.2, 0.25) is 5.72 Å². The number of nitrogens with one attached hydrogen (secondary N) is 1. The van der Waals surface area contributed by atoms with Crippen molar-refractivity contribution in [1.29, 1.82) is 0 Å². The Labute approximate surface area is 137 Å². The minimum Gasteiger partial charge on any atom is -0.462 e. The van der Waals surface area contributed by atoms with Crippen LogP contribution in [0.25, 0.3) is 0 Å². The van der Waals surface area contributed by atoms with E-state index in [2.05, 4.69) is 10.1 Å². The van der Waals surface area contributed by atoms with Gasteiger partial charge in [0.15, 0.2) is 0 Å². The van der Waals surface area contributed by atoms with Crippen molar-refractivity contribution in [2.24, 2.45) is 0 Å². The molecule has 0 aliphatic carbocycles. The van der Waals surface area contributed by atoms with Gasteiger partial charge in [-0.2, -0.15) is 0 Å². The molecular weight excluding hydrogens is 320 g/mol. The molecule has 0 saturated carbocycles. The zero-order chi connectivity index (χ0) is 17.7. The molecule has 0 radical (unpaired) electrons. The lowest BCUT2D eigenvalue weighted by atomic mass is 10.0. The third-order valence-corrected chi connectivity index (χ3v) is 3.44. The van der Waals surface area contributed by atoms with Crippen LogP contribution in [0.4, 0.5) is 4.79 Å². The van der Waals surface area contributed by atoms with Crippen LogP contribution in [0.1, 0.15) is 5.56 Å². The quantitative estimate of drug-likeness (QED) is 0.351. The van der Waals surface area contributed by atoms with Gasteiger partial charge in [-0.3, -0.25) is 19.8 Å². The van der Waals surface area contributed by atoms with Crippen LogP contribution in [-0.2, 0) is 35.2 Å². The minimum atomic E-state index is -1.74. The van der Waals surface area contributed by atoms with Gasteiger partial charge < -0.3 is 14.2 Å². The summed E-state index contributed by atoms with van der Waals surface area (Å²) in [5, 5.41) is 2.26. The van der Waals surface area contributed by atoms with Crippen molar-refractivity contribution in [1.82, 2.24) is 10.2 Å². The Kier molecular flexibility index (Phi) is 5.14. The second kappa shape index (κ2) is 7.09. The molecule has 1 unspecified atom stereocenters. The summed E-state index contributed by atoms with van der Waals surface area (Å²) in [5.41, 5.74) is -0.973. The van der Waals surface area contributed by atoms with Crippen molar-refractivity contribution in [2.45, 2.75) is 12.3 Å². The van der Waals surface area contributed by atoms with Gasteiger partial charge in [0, 0.05) is 7.11 Å². The summed E-state index contributed by atoms with van der Waals surface area (Å²) in [5.74, 6) is -3.19. The first-order valence-electron chi connectivity index (χ1n) is 6.92. The van der Waals surface area contributed by atoms with Gasteiger partial charge in [0.05, 0.1) is 13.7 Å². The smallest absolute Gasteiger partial charge is 0.410 e. The van der Waals surface area contributed by atoms with Gasteiger partial charge in [0.1, 0.15) is 6.61 Å². The fourth-order valence-corrected chi connectivity index (χ4v) is 2.07. The number of hydrogen-bond acceptors (Lipinski definition) is 7. The van der Waals surface area contributed by atoms with Gasteiger partial charge in [0.25, 0.3) is 5.91 Å². The van der Waals surface area contributed by atoms with Crippen LogP contribution in [0.5, 0.6) is 0 Å². The van der Waals surface area contributed by atoms with Gasteiger partial charge in [-0.05, 0) is 5.56 Å². The third-order valence-electron chi connectivity index (χ3n) is 3.44. The van der Waals surface area contributed by atoms with Gasteiger partial charge in [-0.1, -0.05) is 30.3 Å². The number of nitrogens with zero attached hydrogens (tertiary/aromatic N) is 1. The second-order valence-corrected chi connectivity index (χ2v) is 4.91. The highest BCUT2D eigenvalue weighted by molar-refractivity contribution is 6.36. The molecule has 1 N–H and O–H groups in total. The number of esters is 1. The molecule has 9 nitrogen and oxygen atoms in total. The molecule has 9 heteroatoms. The summed E-state index contributed by atoms with van der Waals surface area (Å²) in [6, 6.07) is 8.94. The summed E-state index contributed by atoms with van der Waals surface area (Å²) >= 11 is 0. The first kappa shape index (κ1) is 17.4. The molecule has 1 heterocycles. The molecule has 1 aromatic rings. The second-order valence-electron chi connectivity index (χ2n) is 4.91. The molecule has 128 valence electrons. The molecule has 1 fully saturated rings. The molecule has 0 bridgehead atoms. The molecule has 1 aliphatic rings. The molecule has 0 spiro atoms. The number of methoxy groups -OCH3 is 2. The molecule has 1 atom stereocenters. The lowest BCUT2D eigenvalue weighted by Crippen LogP contribution is -2.76. The number of rotatable bonds is 4. The molecule has 0 aromatic heterocycles. The fourth-order valence-electron chi connectivity index (χ4n) is 2.07. The number of likely N-dealkylation sites (tertiary alicyclic amines) is 1. The number of carbonyl (C=O) groups is 4. The normalized spacial score (nSPS) is 19.2. The maximum atomic E-state index is 12.1. The van der Waals surface area contributed by atoms with E-state index in [1.54, 1.807) is 24.3 Å². The van der Waals surface area contributed by atoms with E-state index in [4.69, 9.17) is 9.47 Å². The van der Waals surface area contributed by atoms with Crippen LogP contribution in [0.2, 0.25) is 0 Å². The molecule has 1 aliphatic heterocycles. The van der Waals surface area contributed by atoms with E-state index in [0.717, 1.165) is 12.7 Å². The standard InChI is InChI=1S/C15H16N2O7/c1-22-12(19)11(18)17-9-15(23-2,13(17)20)16-14(21)24-8-10-6-4-3-5-7-10/h3-7H,8-9H2,1-2H3,(H,16,21). The average molecular weight is 336 g/mol. The molecule has 1 aromatic carbocycles. The van der Waals surface area contributed by atoms with Crippen LogP contribution >= 0.6 is 0 Å². The van der Waals surface area contributed by atoms with E-state index in [9.17, 15) is 19.2 Å². The first-order chi connectivity index (χ1) is 11.4. The van der Waals surface area contributed by atoms with Crippen molar-refractivity contribution in [3.63, 3.8) is 0 Å². The Morgan fingerprint density at radius 1 is 1.21 bits per heavy atom. The molecular formula is C15H16N2O7. The van der Waals surface area contributed by atoms with E-state index in [1.165, 1.54) is 7.11 Å². The van der Waals surface area contributed by atoms with Crippen LogP contribution < -0.4 is 5.32 Å². The van der Waals surface area contributed by atoms with Crippen LogP contribution in [-0.4, -0.2) is 55.3 Å². The van der Waals surface area contributed by atoms with Crippen molar-refractivity contribution >= 4 is 23.9 Å². The Morgan fingerprint density at radius 2 is 1.88 bits per heavy atom. The number of ether oxygens (including phenoxy) is 3. The summed E-state index contributed by atoms with van der Waals surface area (Å²) in [4.78, 5) is 47.3. The molecule has 3 amide bonds. The van der Waals surface area contributed by atoms with E-state index in [-0.39, 0.29) is 13.2 Å². The SMILES string of the molecule is COC(=O)C(=O)N1CC(NC(=O)OCc2ccccc2)(OC)C1=O. The van der Waals surface area contributed by atoms with Gasteiger partial charge in [-0.15, -0.1) is 0 Å². The number of β-lactam (4-membered cyclic amide) rings is 1. The van der Waals surface area contributed by atoms with Crippen LogP contribution in [0.15, 0.2) is 30.3 Å². The number of carbonyl (C=O) groups excluding carboxylic acids is 4. The van der Waals surface area contributed by atoms with Crippen molar-refractivity contribution in [3.05, 3.63) is 35.9 Å². The number of benzene rings is 1. The van der Waals surface area contributed by atoms with E-state index in [1.807, 2.05) is 6.07 Å². The largest absolute Gasteiger partial charge is 0.462 e. The fraction of sp³-hybridized carbons (Fsp3) is 0.333. The highest BCUT2D eigenvalue weighted by Crippen LogP contribution is 2.24. The maximum Gasteiger partial charge on any atom is 0.410 e. The predicted molar refractivity (Wildman–Crippen MR) is 78.2 cm³/mol. The molecule has 24 heavy (non-hydrogen) atoms. The van der Waals surface area contributed by atoms with E-state index >= 15 is 0 Å². The highest BCUT2D eigenvalue weighted by atomic mass is 16.6. The van der Waals surface area contributed by atoms with Crippen molar-refractivity contribution in [3.8, 4) is 0 Å². The monoisotopic (exact) mass is 336 g/mol. The topological polar surface area (TPSA) is 111 Å². The zero-order valence-electron chi connectivity index (χ0n) is 13.1. The van der Waals surface area contributed by atoms with Crippen molar-refractivity contribution in [2.75, 3.05) is 20.8 Å². The number of hydrogen-bond donors (Lipinski definition) is 1. The first-order valence-corrected chi connectivity index (χ1v) is 6.92. The molecule has 1 saturated heterocycles. The lowest BCUT2D eigenvalue weighted by Gasteiger charge is -2.44. The number of imide groups is 1. The minimum absolute atomic E-state index is 0.00542. The van der Waals surface area contributed by atoms with E-state index < -0.39 is 29.6 Å². The highest BCUT2D eigenvalue weighted by Gasteiger charge is 2.58. The van der Waals surface area contributed by atoms with Crippen LogP contribution in [0.3, 0.4) is 0 Å². The predicted octanol–water partition coefficient (Wildman–Crippen LogP) is -0.203. The van der Waals surface area contributed by atoms with Gasteiger partial charge in [-0.25, -0.2) is 9.59 Å². The third kappa shape index (κ3) is 3.35. The summed E-state index contributed by atoms with van der Waals surface area (Å²) in [7, 11) is 2.21. The Morgan fingerprint density at radius 3 is 2.42 bits per heavy atom. The summed E-state index contributed by atoms with van der Waals surface area (Å²) in [6.45, 7) is -0.317. The summed E-state index contributed by atoms with van der Waals surface area (Å²) < 4.78 is 14.2. The number of alkyl carbamates (subject to hydrolysis) is 1. The molecule has 2 rings (SSSR count). The number of amides is 3. The Hall–Kier alpha value is -2.94. The zero-order valence-corrected chi connectivity index (χ0v) is 13.1. The maximum absolute atomic E-state index is 12.1. The van der Waals surface area contributed by atoms with Crippen molar-refractivity contribution < 1.29 is 33.4 Å². The average Bonchev–Trinajstić information content (AvgIpc) is 2.62. The Balaban J connectivity index is 1.92. The van der Waals surface area contributed by atoms with Gasteiger partial charge >= 0.3 is 18.0 Å². The summed E-state index contributed by atoms with van der Waals surface area (Å²) in [6.07, 6.45) is -0.890. The Bertz CT molecular complexity index is 661.